The van der Waals surface area contributed by atoms with Crippen LogP contribution in [0.4, 0.5) is 0 Å². The van der Waals surface area contributed by atoms with E-state index in [1.807, 2.05) is 12.1 Å². The average molecular weight is 521 g/mol. The van der Waals surface area contributed by atoms with Crippen molar-refractivity contribution in [1.29, 1.82) is 0 Å². The van der Waals surface area contributed by atoms with Crippen LogP contribution in [0.3, 0.4) is 0 Å². The lowest BCUT2D eigenvalue weighted by Crippen LogP contribution is -1.97. The summed E-state index contributed by atoms with van der Waals surface area (Å²) in [6.07, 6.45) is 0. The summed E-state index contributed by atoms with van der Waals surface area (Å²) >= 11 is 0. The minimum Gasteiger partial charge on any atom is -0.456 e. The lowest BCUT2D eigenvalue weighted by atomic mass is 9.87. The Kier molecular flexibility index (Phi) is 4.67. The molecule has 0 atom stereocenters. The fraction of sp³-hybridized carbons (Fsp3) is 0. The van der Waals surface area contributed by atoms with Crippen LogP contribution in [-0.4, -0.2) is 0 Å². The zero-order chi connectivity index (χ0) is 26.9. The van der Waals surface area contributed by atoms with E-state index in [4.69, 9.17) is 4.74 Å². The molecule has 0 saturated carbocycles. The van der Waals surface area contributed by atoms with Crippen LogP contribution in [0.1, 0.15) is 0 Å². The molecule has 0 N–H and O–H groups in total. The summed E-state index contributed by atoms with van der Waals surface area (Å²) in [6, 6.07) is 52.6. The minimum atomic E-state index is 0.914. The largest absolute Gasteiger partial charge is 0.456 e. The van der Waals surface area contributed by atoms with Crippen molar-refractivity contribution in [3.63, 3.8) is 0 Å². The van der Waals surface area contributed by atoms with Gasteiger partial charge in [0, 0.05) is 10.9 Å². The highest BCUT2D eigenvalue weighted by molar-refractivity contribution is 6.20. The fourth-order valence-electron chi connectivity index (χ4n) is 6.81. The number of rotatable bonds is 2. The quantitative estimate of drug-likeness (QED) is 0.163. The maximum absolute atomic E-state index is 6.36. The fourth-order valence-corrected chi connectivity index (χ4v) is 6.81. The zero-order valence-corrected chi connectivity index (χ0v) is 22.3. The lowest BCUT2D eigenvalue weighted by Gasteiger charge is -2.22. The summed E-state index contributed by atoms with van der Waals surface area (Å²) in [5.74, 6) is 1.83. The van der Waals surface area contributed by atoms with Gasteiger partial charge in [-0.15, -0.1) is 0 Å². The molecule has 1 nitrogen and oxygen atoms in total. The highest BCUT2D eigenvalue weighted by Crippen LogP contribution is 2.49. The van der Waals surface area contributed by atoms with Crippen molar-refractivity contribution in [3.05, 3.63) is 146 Å². The van der Waals surface area contributed by atoms with Gasteiger partial charge in [0.15, 0.2) is 0 Å². The zero-order valence-electron chi connectivity index (χ0n) is 22.3. The molecule has 0 unspecified atom stereocenters. The van der Waals surface area contributed by atoms with Gasteiger partial charge in [0.25, 0.3) is 0 Å². The van der Waals surface area contributed by atoms with Gasteiger partial charge in [-0.3, -0.25) is 0 Å². The van der Waals surface area contributed by atoms with Crippen molar-refractivity contribution in [2.24, 2.45) is 0 Å². The Labute approximate surface area is 237 Å². The van der Waals surface area contributed by atoms with E-state index in [2.05, 4.69) is 133 Å². The third-order valence-corrected chi connectivity index (χ3v) is 8.63. The normalized spacial score (nSPS) is 12.1. The van der Waals surface area contributed by atoms with Gasteiger partial charge >= 0.3 is 0 Å². The van der Waals surface area contributed by atoms with Gasteiger partial charge in [-0.2, -0.15) is 0 Å². The summed E-state index contributed by atoms with van der Waals surface area (Å²) < 4.78 is 6.36. The molecule has 0 radical (unpaired) electrons. The molecule has 0 aromatic heterocycles. The number of benzene rings is 8. The number of ether oxygens (including phenoxy) is 1. The van der Waals surface area contributed by atoms with Gasteiger partial charge in [-0.25, -0.2) is 0 Å². The molecule has 8 aromatic rings. The first kappa shape index (κ1) is 22.4. The summed E-state index contributed by atoms with van der Waals surface area (Å²) in [5.41, 5.74) is 7.29. The third kappa shape index (κ3) is 3.30. The highest BCUT2D eigenvalue weighted by Gasteiger charge is 2.21. The predicted molar refractivity (Wildman–Crippen MR) is 173 cm³/mol. The Morgan fingerprint density at radius 1 is 0.341 bits per heavy atom. The second-order valence-electron chi connectivity index (χ2n) is 10.9. The molecule has 9 rings (SSSR count). The number of para-hydroxylation sites is 1. The van der Waals surface area contributed by atoms with Crippen molar-refractivity contribution < 1.29 is 4.74 Å². The first-order chi connectivity index (χ1) is 20.3. The highest BCUT2D eigenvalue weighted by atomic mass is 16.5. The monoisotopic (exact) mass is 520 g/mol. The summed E-state index contributed by atoms with van der Waals surface area (Å²) in [7, 11) is 0. The molecule has 0 saturated heterocycles. The Hall–Kier alpha value is -5.40. The van der Waals surface area contributed by atoms with Crippen LogP contribution in [0.5, 0.6) is 11.5 Å². The van der Waals surface area contributed by atoms with Crippen LogP contribution in [0.15, 0.2) is 146 Å². The van der Waals surface area contributed by atoms with Crippen molar-refractivity contribution in [2.75, 3.05) is 0 Å². The van der Waals surface area contributed by atoms with E-state index in [9.17, 15) is 0 Å². The standard InChI is InChI=1S/C40H24O/c1-3-13-29-25(9-1)19-20-35-36(29)24-27-10-2-4-14-31(27)39(35)28-12-7-11-26(23-28)30-21-22-38-40-33(30)16-8-17-34(40)32-15-5-6-18-37(32)41-38/h1-24H. The van der Waals surface area contributed by atoms with Crippen molar-refractivity contribution in [1.82, 2.24) is 0 Å². The van der Waals surface area contributed by atoms with E-state index in [1.165, 1.54) is 70.9 Å². The number of hydrogen-bond donors (Lipinski definition) is 0. The SMILES string of the molecule is c1cc(-c2ccc3c4c(cccc24)-c2ccccc2O3)cc(-c2c3ccccc3cc3c2ccc2ccccc23)c1. The molecule has 1 aliphatic rings. The number of hydrogen-bond acceptors (Lipinski definition) is 1. The summed E-state index contributed by atoms with van der Waals surface area (Å²) in [4.78, 5) is 0. The molecule has 1 heterocycles. The number of fused-ring (bicyclic) bond motifs is 6. The maximum Gasteiger partial charge on any atom is 0.135 e. The Balaban J connectivity index is 1.31. The van der Waals surface area contributed by atoms with E-state index < -0.39 is 0 Å². The van der Waals surface area contributed by atoms with Crippen LogP contribution in [0, 0.1) is 0 Å². The molecule has 8 aromatic carbocycles. The van der Waals surface area contributed by atoms with Crippen LogP contribution < -0.4 is 4.74 Å². The summed E-state index contributed by atoms with van der Waals surface area (Å²) in [6.45, 7) is 0. The van der Waals surface area contributed by atoms with Gasteiger partial charge in [0.2, 0.25) is 0 Å². The summed E-state index contributed by atoms with van der Waals surface area (Å²) in [5, 5.41) is 10.0. The maximum atomic E-state index is 6.36. The molecular weight excluding hydrogens is 496 g/mol. The average Bonchev–Trinajstić information content (AvgIpc) is 3.04. The van der Waals surface area contributed by atoms with Crippen molar-refractivity contribution >= 4 is 43.1 Å². The van der Waals surface area contributed by atoms with Crippen LogP contribution in [0.2, 0.25) is 0 Å². The third-order valence-electron chi connectivity index (χ3n) is 8.63. The second kappa shape index (κ2) is 8.55. The Bertz CT molecular complexity index is 2340. The predicted octanol–water partition coefficient (Wildman–Crippen LogP) is 11.4. The Morgan fingerprint density at radius 2 is 1.07 bits per heavy atom. The second-order valence-corrected chi connectivity index (χ2v) is 10.9. The lowest BCUT2D eigenvalue weighted by molar-refractivity contribution is 0.487. The molecule has 1 heteroatoms. The van der Waals surface area contributed by atoms with E-state index in [-0.39, 0.29) is 0 Å². The molecule has 0 spiro atoms. The first-order valence-corrected chi connectivity index (χ1v) is 14.1. The Morgan fingerprint density at radius 3 is 2.02 bits per heavy atom. The molecule has 190 valence electrons. The van der Waals surface area contributed by atoms with Crippen LogP contribution in [0.25, 0.3) is 76.5 Å². The molecule has 0 amide bonds. The first-order valence-electron chi connectivity index (χ1n) is 14.1. The van der Waals surface area contributed by atoms with Gasteiger partial charge in [0.1, 0.15) is 11.5 Å². The van der Waals surface area contributed by atoms with E-state index >= 15 is 0 Å². The van der Waals surface area contributed by atoms with E-state index in [0.29, 0.717) is 0 Å². The van der Waals surface area contributed by atoms with Crippen LogP contribution in [-0.2, 0) is 0 Å². The van der Waals surface area contributed by atoms with Crippen LogP contribution >= 0.6 is 0 Å². The van der Waals surface area contributed by atoms with Gasteiger partial charge < -0.3 is 4.74 Å². The molecular formula is C40H24O. The molecule has 1 aliphatic heterocycles. The topological polar surface area (TPSA) is 9.23 Å². The molecule has 0 bridgehead atoms. The van der Waals surface area contributed by atoms with E-state index in [0.717, 1.165) is 17.1 Å². The molecule has 41 heavy (non-hydrogen) atoms. The minimum absolute atomic E-state index is 0.914. The smallest absolute Gasteiger partial charge is 0.135 e. The molecule has 0 fully saturated rings. The van der Waals surface area contributed by atoms with Gasteiger partial charge in [-0.05, 0) is 89.8 Å². The molecule has 0 aliphatic carbocycles. The van der Waals surface area contributed by atoms with Crippen molar-refractivity contribution in [3.8, 4) is 44.9 Å². The van der Waals surface area contributed by atoms with Gasteiger partial charge in [0.05, 0.1) is 0 Å². The van der Waals surface area contributed by atoms with E-state index in [1.54, 1.807) is 0 Å². The van der Waals surface area contributed by atoms with Crippen molar-refractivity contribution in [2.45, 2.75) is 0 Å². The van der Waals surface area contributed by atoms with Gasteiger partial charge in [-0.1, -0.05) is 121 Å².